The van der Waals surface area contributed by atoms with E-state index in [-0.39, 0.29) is 5.91 Å². The summed E-state index contributed by atoms with van der Waals surface area (Å²) in [5, 5.41) is 5.00. The molecule has 2 aromatic carbocycles. The molecule has 0 bridgehead atoms. The van der Waals surface area contributed by atoms with Crippen LogP contribution in [0.4, 0.5) is 0 Å². The van der Waals surface area contributed by atoms with Crippen LogP contribution in [0.1, 0.15) is 16.1 Å². The van der Waals surface area contributed by atoms with Crippen LogP contribution in [-0.2, 0) is 0 Å². The minimum Gasteiger partial charge on any atom is -0.455 e. The van der Waals surface area contributed by atoms with Gasteiger partial charge in [0, 0.05) is 15.1 Å². The number of carbonyl (C=O) groups excluding carboxylic acids is 1. The first-order chi connectivity index (χ1) is 12.0. The molecule has 0 aliphatic carbocycles. The summed E-state index contributed by atoms with van der Waals surface area (Å²) < 4.78 is 6.36. The normalized spacial score (nSPS) is 11.0. The fraction of sp³-hybridized carbons (Fsp3) is 0. The second-order valence-corrected chi connectivity index (χ2v) is 6.70. The van der Waals surface area contributed by atoms with Gasteiger partial charge in [-0.25, -0.2) is 5.43 Å². The molecule has 1 heterocycles. The lowest BCUT2D eigenvalue weighted by atomic mass is 10.2. The van der Waals surface area contributed by atoms with Crippen molar-refractivity contribution in [3.05, 3.63) is 80.4 Å². The van der Waals surface area contributed by atoms with Gasteiger partial charge in [-0.3, -0.25) is 4.79 Å². The topological polar surface area (TPSA) is 54.6 Å². The molecule has 3 aromatic rings. The van der Waals surface area contributed by atoms with E-state index in [1.807, 2.05) is 6.07 Å². The van der Waals surface area contributed by atoms with Crippen molar-refractivity contribution in [2.24, 2.45) is 5.10 Å². The smallest absolute Gasteiger partial charge is 0.272 e. The van der Waals surface area contributed by atoms with E-state index in [1.54, 1.807) is 48.5 Å². The van der Waals surface area contributed by atoms with Gasteiger partial charge in [-0.1, -0.05) is 35.3 Å². The third-order valence-electron chi connectivity index (χ3n) is 3.30. The lowest BCUT2D eigenvalue weighted by molar-refractivity contribution is 0.0954. The van der Waals surface area contributed by atoms with Gasteiger partial charge in [-0.2, -0.15) is 5.10 Å². The predicted octanol–water partition coefficient (Wildman–Crippen LogP) is 5.78. The molecule has 0 atom stereocenters. The Labute approximate surface area is 162 Å². The summed E-state index contributed by atoms with van der Waals surface area (Å²) in [4.78, 5) is 12.0. The molecule has 4 nitrogen and oxygen atoms in total. The highest BCUT2D eigenvalue weighted by molar-refractivity contribution is 9.10. The highest BCUT2D eigenvalue weighted by atomic mass is 79.9. The average molecular weight is 438 g/mol. The van der Waals surface area contributed by atoms with Gasteiger partial charge in [0.1, 0.15) is 11.5 Å². The van der Waals surface area contributed by atoms with Crippen LogP contribution in [-0.4, -0.2) is 12.1 Å². The first kappa shape index (κ1) is 17.7. The maximum Gasteiger partial charge on any atom is 0.272 e. The number of hydrogen-bond acceptors (Lipinski definition) is 3. The Balaban J connectivity index is 1.71. The van der Waals surface area contributed by atoms with Crippen LogP contribution < -0.4 is 5.43 Å². The largest absolute Gasteiger partial charge is 0.455 e. The van der Waals surface area contributed by atoms with Crippen LogP contribution in [0.15, 0.2) is 68.6 Å². The van der Waals surface area contributed by atoms with Crippen LogP contribution in [0.25, 0.3) is 11.3 Å². The van der Waals surface area contributed by atoms with Crippen LogP contribution in [0.3, 0.4) is 0 Å². The van der Waals surface area contributed by atoms with Crippen LogP contribution in [0, 0.1) is 0 Å². The SMILES string of the molecule is O=C(N/N=C/c1ccc(-c2cc(Cl)ccc2Cl)o1)c1ccccc1Br. The van der Waals surface area contributed by atoms with E-state index in [2.05, 4.69) is 26.5 Å². The standard InChI is InChI=1S/C18H11BrCl2N2O2/c19-15-4-2-1-3-13(15)18(24)23-22-10-12-6-8-17(25-12)14-9-11(20)5-7-16(14)21/h1-10H,(H,23,24)/b22-10+. The Morgan fingerprint density at radius 2 is 1.92 bits per heavy atom. The lowest BCUT2D eigenvalue weighted by Crippen LogP contribution is -2.17. The zero-order valence-corrected chi connectivity index (χ0v) is 15.8. The summed E-state index contributed by atoms with van der Waals surface area (Å²) in [6.45, 7) is 0. The van der Waals surface area contributed by atoms with Crippen molar-refractivity contribution >= 4 is 51.3 Å². The summed E-state index contributed by atoms with van der Waals surface area (Å²) in [6, 6.07) is 15.7. The van der Waals surface area contributed by atoms with Crippen molar-refractivity contribution in [1.29, 1.82) is 0 Å². The van der Waals surface area contributed by atoms with Gasteiger partial charge in [-0.05, 0) is 58.4 Å². The molecule has 126 valence electrons. The highest BCUT2D eigenvalue weighted by Gasteiger charge is 2.10. The number of hydrogen-bond donors (Lipinski definition) is 1. The summed E-state index contributed by atoms with van der Waals surface area (Å²) in [6.07, 6.45) is 1.41. The molecule has 0 aliphatic rings. The Morgan fingerprint density at radius 3 is 2.72 bits per heavy atom. The zero-order valence-electron chi connectivity index (χ0n) is 12.7. The molecule has 0 aliphatic heterocycles. The third kappa shape index (κ3) is 4.31. The molecule has 1 aromatic heterocycles. The van der Waals surface area contributed by atoms with Crippen molar-refractivity contribution < 1.29 is 9.21 Å². The molecule has 25 heavy (non-hydrogen) atoms. The Bertz CT molecular complexity index is 954. The van der Waals surface area contributed by atoms with E-state index in [1.165, 1.54) is 6.21 Å². The van der Waals surface area contributed by atoms with E-state index < -0.39 is 0 Å². The molecule has 7 heteroatoms. The van der Waals surface area contributed by atoms with Crippen molar-refractivity contribution in [3.63, 3.8) is 0 Å². The van der Waals surface area contributed by atoms with Gasteiger partial charge in [0.2, 0.25) is 0 Å². The monoisotopic (exact) mass is 436 g/mol. The Kier molecular flexibility index (Phi) is 5.58. The van der Waals surface area contributed by atoms with Gasteiger partial charge < -0.3 is 4.42 Å². The molecular formula is C18H11BrCl2N2O2. The maximum atomic E-state index is 12.0. The number of carbonyl (C=O) groups is 1. The summed E-state index contributed by atoms with van der Waals surface area (Å²) >= 11 is 15.5. The van der Waals surface area contributed by atoms with Gasteiger partial charge in [0.05, 0.1) is 16.8 Å². The highest BCUT2D eigenvalue weighted by Crippen LogP contribution is 2.31. The first-order valence-corrected chi connectivity index (χ1v) is 8.72. The fourth-order valence-electron chi connectivity index (χ4n) is 2.11. The van der Waals surface area contributed by atoms with E-state index in [4.69, 9.17) is 27.6 Å². The molecule has 1 amide bonds. The maximum absolute atomic E-state index is 12.0. The first-order valence-electron chi connectivity index (χ1n) is 7.18. The predicted molar refractivity (Wildman–Crippen MR) is 103 cm³/mol. The number of benzene rings is 2. The second kappa shape index (κ2) is 7.87. The quantitative estimate of drug-likeness (QED) is 0.415. The molecule has 1 N–H and O–H groups in total. The van der Waals surface area contributed by atoms with Gasteiger partial charge >= 0.3 is 0 Å². The van der Waals surface area contributed by atoms with Gasteiger partial charge in [0.15, 0.2) is 0 Å². The number of hydrazone groups is 1. The number of furan rings is 1. The lowest BCUT2D eigenvalue weighted by Gasteiger charge is -2.02. The van der Waals surface area contributed by atoms with Crippen molar-refractivity contribution in [2.45, 2.75) is 0 Å². The minimum absolute atomic E-state index is 0.326. The van der Waals surface area contributed by atoms with E-state index in [0.717, 1.165) is 0 Å². The summed E-state index contributed by atoms with van der Waals surface area (Å²) in [5.74, 6) is 0.706. The van der Waals surface area contributed by atoms with Gasteiger partial charge in [0.25, 0.3) is 5.91 Å². The number of rotatable bonds is 4. The fourth-order valence-corrected chi connectivity index (χ4v) is 2.96. The third-order valence-corrected chi connectivity index (χ3v) is 4.55. The second-order valence-electron chi connectivity index (χ2n) is 5.01. The molecule has 0 unspecified atom stereocenters. The van der Waals surface area contributed by atoms with E-state index >= 15 is 0 Å². The number of nitrogens with zero attached hydrogens (tertiary/aromatic N) is 1. The summed E-state index contributed by atoms with van der Waals surface area (Å²) in [5.41, 5.74) is 3.63. The zero-order chi connectivity index (χ0) is 17.8. The van der Waals surface area contributed by atoms with Crippen molar-refractivity contribution in [1.82, 2.24) is 5.43 Å². The molecule has 0 saturated heterocycles. The number of nitrogens with one attached hydrogen (secondary N) is 1. The van der Waals surface area contributed by atoms with Gasteiger partial charge in [-0.15, -0.1) is 0 Å². The molecule has 0 spiro atoms. The van der Waals surface area contributed by atoms with E-state index in [9.17, 15) is 4.79 Å². The van der Waals surface area contributed by atoms with Crippen LogP contribution >= 0.6 is 39.1 Å². The summed E-state index contributed by atoms with van der Waals surface area (Å²) in [7, 11) is 0. The molecular weight excluding hydrogens is 427 g/mol. The number of halogens is 3. The molecule has 0 fully saturated rings. The Hall–Kier alpha value is -2.08. The van der Waals surface area contributed by atoms with Crippen molar-refractivity contribution in [2.75, 3.05) is 0 Å². The minimum atomic E-state index is -0.326. The Morgan fingerprint density at radius 1 is 1.12 bits per heavy atom. The number of amides is 1. The molecule has 0 radical (unpaired) electrons. The molecule has 3 rings (SSSR count). The van der Waals surface area contributed by atoms with E-state index in [0.29, 0.717) is 37.2 Å². The van der Waals surface area contributed by atoms with Crippen LogP contribution in [0.5, 0.6) is 0 Å². The average Bonchev–Trinajstić information content (AvgIpc) is 3.06. The molecule has 0 saturated carbocycles. The van der Waals surface area contributed by atoms with Crippen molar-refractivity contribution in [3.8, 4) is 11.3 Å². The van der Waals surface area contributed by atoms with Crippen LogP contribution in [0.2, 0.25) is 10.0 Å².